The predicted molar refractivity (Wildman–Crippen MR) is 74.6 cm³/mol. The molecule has 96 valence electrons. The lowest BCUT2D eigenvalue weighted by atomic mass is 10.1. The van der Waals surface area contributed by atoms with Crippen LogP contribution in [-0.2, 0) is 11.2 Å². The average molecular weight is 235 g/mol. The third kappa shape index (κ3) is 6.32. The van der Waals surface area contributed by atoms with Crippen LogP contribution in [0.1, 0.15) is 33.3 Å². The standard InChI is InChI=1S/C15H25NO/c1-12(2)11-17-10-9-14-5-7-15(8-6-14)16-13(3)4/h5-8,12-13,16H,9-11H2,1-4H3. The molecule has 0 aliphatic heterocycles. The van der Waals surface area contributed by atoms with Gasteiger partial charge in [-0.25, -0.2) is 0 Å². The quantitative estimate of drug-likeness (QED) is 0.727. The Morgan fingerprint density at radius 2 is 1.71 bits per heavy atom. The monoisotopic (exact) mass is 235 g/mol. The first-order chi connectivity index (χ1) is 8.08. The van der Waals surface area contributed by atoms with Crippen molar-refractivity contribution in [2.75, 3.05) is 18.5 Å². The summed E-state index contributed by atoms with van der Waals surface area (Å²) < 4.78 is 5.58. The highest BCUT2D eigenvalue weighted by molar-refractivity contribution is 5.45. The molecule has 1 N–H and O–H groups in total. The molecule has 0 unspecified atom stereocenters. The van der Waals surface area contributed by atoms with Crippen molar-refractivity contribution in [2.45, 2.75) is 40.2 Å². The molecule has 17 heavy (non-hydrogen) atoms. The molecule has 0 atom stereocenters. The number of nitrogens with one attached hydrogen (secondary N) is 1. The van der Waals surface area contributed by atoms with Gasteiger partial charge in [-0.05, 0) is 43.9 Å². The summed E-state index contributed by atoms with van der Waals surface area (Å²) in [4.78, 5) is 0. The molecule has 0 heterocycles. The van der Waals surface area contributed by atoms with Crippen molar-refractivity contribution in [3.8, 4) is 0 Å². The molecule has 0 bridgehead atoms. The van der Waals surface area contributed by atoms with E-state index in [4.69, 9.17) is 4.74 Å². The average Bonchev–Trinajstić information content (AvgIpc) is 2.25. The van der Waals surface area contributed by atoms with Crippen LogP contribution in [0.3, 0.4) is 0 Å². The molecule has 2 heteroatoms. The van der Waals surface area contributed by atoms with Gasteiger partial charge in [0.25, 0.3) is 0 Å². The van der Waals surface area contributed by atoms with Crippen molar-refractivity contribution >= 4 is 5.69 Å². The normalized spacial score (nSPS) is 11.2. The van der Waals surface area contributed by atoms with Crippen LogP contribution in [0.25, 0.3) is 0 Å². The molecule has 1 rings (SSSR count). The van der Waals surface area contributed by atoms with Gasteiger partial charge in [-0.3, -0.25) is 0 Å². The molecular formula is C15H25NO. The van der Waals surface area contributed by atoms with E-state index in [2.05, 4.69) is 57.3 Å². The zero-order valence-electron chi connectivity index (χ0n) is 11.5. The first-order valence-corrected chi connectivity index (χ1v) is 6.51. The first-order valence-electron chi connectivity index (χ1n) is 6.51. The van der Waals surface area contributed by atoms with Crippen LogP contribution >= 0.6 is 0 Å². The highest BCUT2D eigenvalue weighted by Gasteiger charge is 1.98. The van der Waals surface area contributed by atoms with Gasteiger partial charge in [-0.1, -0.05) is 26.0 Å². The van der Waals surface area contributed by atoms with Crippen molar-refractivity contribution in [3.05, 3.63) is 29.8 Å². The topological polar surface area (TPSA) is 21.3 Å². The Bertz CT molecular complexity index is 303. The summed E-state index contributed by atoms with van der Waals surface area (Å²) in [5, 5.41) is 3.38. The van der Waals surface area contributed by atoms with Crippen molar-refractivity contribution in [3.63, 3.8) is 0 Å². The summed E-state index contributed by atoms with van der Waals surface area (Å²) in [6.45, 7) is 10.3. The van der Waals surface area contributed by atoms with Gasteiger partial charge in [0.1, 0.15) is 0 Å². The number of anilines is 1. The number of hydrogen-bond acceptors (Lipinski definition) is 2. The van der Waals surface area contributed by atoms with Gasteiger partial charge >= 0.3 is 0 Å². The van der Waals surface area contributed by atoms with Gasteiger partial charge in [-0.2, -0.15) is 0 Å². The Morgan fingerprint density at radius 1 is 1.06 bits per heavy atom. The molecule has 0 saturated heterocycles. The maximum atomic E-state index is 5.58. The molecule has 0 saturated carbocycles. The first kappa shape index (κ1) is 14.0. The van der Waals surface area contributed by atoms with E-state index in [1.165, 1.54) is 11.3 Å². The van der Waals surface area contributed by atoms with Crippen molar-refractivity contribution in [1.82, 2.24) is 0 Å². The summed E-state index contributed by atoms with van der Waals surface area (Å²) in [5.74, 6) is 0.618. The molecule has 0 amide bonds. The fourth-order valence-electron chi connectivity index (χ4n) is 1.61. The lowest BCUT2D eigenvalue weighted by molar-refractivity contribution is 0.112. The molecule has 0 fully saturated rings. The lowest BCUT2D eigenvalue weighted by Crippen LogP contribution is -2.09. The van der Waals surface area contributed by atoms with Gasteiger partial charge in [-0.15, -0.1) is 0 Å². The highest BCUT2D eigenvalue weighted by Crippen LogP contribution is 2.11. The fourth-order valence-corrected chi connectivity index (χ4v) is 1.61. The molecule has 0 radical (unpaired) electrons. The van der Waals surface area contributed by atoms with E-state index in [0.717, 1.165) is 19.6 Å². The van der Waals surface area contributed by atoms with Crippen LogP contribution < -0.4 is 5.32 Å². The van der Waals surface area contributed by atoms with Crippen molar-refractivity contribution < 1.29 is 4.74 Å². The number of hydrogen-bond donors (Lipinski definition) is 1. The minimum atomic E-state index is 0.482. The van der Waals surface area contributed by atoms with Crippen LogP contribution in [0, 0.1) is 5.92 Å². The smallest absolute Gasteiger partial charge is 0.0506 e. The molecule has 0 spiro atoms. The number of benzene rings is 1. The van der Waals surface area contributed by atoms with E-state index < -0.39 is 0 Å². The number of rotatable bonds is 7. The van der Waals surface area contributed by atoms with E-state index in [-0.39, 0.29) is 0 Å². The number of ether oxygens (including phenoxy) is 1. The third-order valence-corrected chi connectivity index (χ3v) is 2.40. The van der Waals surface area contributed by atoms with Gasteiger partial charge in [0.2, 0.25) is 0 Å². The van der Waals surface area contributed by atoms with E-state index in [0.29, 0.717) is 12.0 Å². The lowest BCUT2D eigenvalue weighted by Gasteiger charge is -2.11. The Morgan fingerprint density at radius 3 is 2.24 bits per heavy atom. The fraction of sp³-hybridized carbons (Fsp3) is 0.600. The zero-order chi connectivity index (χ0) is 12.7. The molecule has 1 aromatic rings. The minimum absolute atomic E-state index is 0.482. The Balaban J connectivity index is 2.30. The van der Waals surface area contributed by atoms with Gasteiger partial charge < -0.3 is 10.1 Å². The van der Waals surface area contributed by atoms with E-state index in [1.807, 2.05) is 0 Å². The van der Waals surface area contributed by atoms with E-state index in [9.17, 15) is 0 Å². The zero-order valence-corrected chi connectivity index (χ0v) is 11.5. The van der Waals surface area contributed by atoms with Gasteiger partial charge in [0.15, 0.2) is 0 Å². The molecule has 0 aliphatic carbocycles. The van der Waals surface area contributed by atoms with E-state index in [1.54, 1.807) is 0 Å². The summed E-state index contributed by atoms with van der Waals surface area (Å²) in [6.07, 6.45) is 0.995. The second-order valence-electron chi connectivity index (χ2n) is 5.21. The summed E-state index contributed by atoms with van der Waals surface area (Å²) in [7, 11) is 0. The summed E-state index contributed by atoms with van der Waals surface area (Å²) in [5.41, 5.74) is 2.52. The molecule has 0 aliphatic rings. The Hall–Kier alpha value is -1.02. The Labute approximate surface area is 105 Å². The van der Waals surface area contributed by atoms with E-state index >= 15 is 0 Å². The third-order valence-electron chi connectivity index (χ3n) is 2.40. The van der Waals surface area contributed by atoms with Crippen LogP contribution in [0.5, 0.6) is 0 Å². The van der Waals surface area contributed by atoms with Crippen LogP contribution in [0.4, 0.5) is 5.69 Å². The second-order valence-corrected chi connectivity index (χ2v) is 5.21. The summed E-state index contributed by atoms with van der Waals surface area (Å²) in [6, 6.07) is 9.10. The van der Waals surface area contributed by atoms with Crippen molar-refractivity contribution in [1.29, 1.82) is 0 Å². The van der Waals surface area contributed by atoms with Gasteiger partial charge in [0.05, 0.1) is 6.61 Å². The Kier molecular flexibility index (Phi) is 6.06. The van der Waals surface area contributed by atoms with Crippen LogP contribution in [0.2, 0.25) is 0 Å². The largest absolute Gasteiger partial charge is 0.383 e. The van der Waals surface area contributed by atoms with Crippen LogP contribution in [-0.4, -0.2) is 19.3 Å². The second kappa shape index (κ2) is 7.33. The van der Waals surface area contributed by atoms with Gasteiger partial charge in [0, 0.05) is 18.3 Å². The van der Waals surface area contributed by atoms with Crippen LogP contribution in [0.15, 0.2) is 24.3 Å². The maximum Gasteiger partial charge on any atom is 0.0506 e. The maximum absolute atomic E-state index is 5.58. The van der Waals surface area contributed by atoms with Crippen molar-refractivity contribution in [2.24, 2.45) is 5.92 Å². The highest BCUT2D eigenvalue weighted by atomic mass is 16.5. The predicted octanol–water partition coefficient (Wildman–Crippen LogP) is 3.72. The molecular weight excluding hydrogens is 210 g/mol. The molecule has 2 nitrogen and oxygen atoms in total. The molecule has 0 aromatic heterocycles. The molecule has 1 aromatic carbocycles. The SMILES string of the molecule is CC(C)COCCc1ccc(NC(C)C)cc1. The minimum Gasteiger partial charge on any atom is -0.383 e. The summed E-state index contributed by atoms with van der Waals surface area (Å²) >= 11 is 0.